The average molecular weight is 252 g/mol. The van der Waals surface area contributed by atoms with Crippen LogP contribution in [0.4, 0.5) is 5.69 Å². The molecule has 0 atom stereocenters. The predicted octanol–water partition coefficient (Wildman–Crippen LogP) is 4.14. The fourth-order valence-electron chi connectivity index (χ4n) is 1.55. The summed E-state index contributed by atoms with van der Waals surface area (Å²) in [7, 11) is 0. The molecule has 1 nitrogen and oxygen atoms in total. The Morgan fingerprint density at radius 2 is 2.12 bits per heavy atom. The van der Waals surface area contributed by atoms with E-state index in [-0.39, 0.29) is 0 Å². The zero-order valence-corrected chi connectivity index (χ0v) is 10.5. The Morgan fingerprint density at radius 3 is 2.88 bits per heavy atom. The summed E-state index contributed by atoms with van der Waals surface area (Å²) >= 11 is 7.59. The number of hydrogen-bond acceptors (Lipinski definition) is 2. The summed E-state index contributed by atoms with van der Waals surface area (Å²) < 4.78 is 0. The predicted molar refractivity (Wildman–Crippen MR) is 72.5 cm³/mol. The van der Waals surface area contributed by atoms with Crippen molar-refractivity contribution in [3.05, 3.63) is 52.2 Å². The Labute approximate surface area is 105 Å². The lowest BCUT2D eigenvalue weighted by Crippen LogP contribution is -2.03. The minimum Gasteiger partial charge on any atom is -0.385 e. The summed E-state index contributed by atoms with van der Waals surface area (Å²) in [6.45, 7) is 0.965. The van der Waals surface area contributed by atoms with Crippen molar-refractivity contribution in [2.45, 2.75) is 12.3 Å². The van der Waals surface area contributed by atoms with Gasteiger partial charge < -0.3 is 5.32 Å². The standard InChI is InChI=1S/C13H14ClNS/c14-10-11-3-1-4-12(9-11)15-7-6-13-5-2-8-16-13/h1-5,8-9,15H,6-7,10H2. The van der Waals surface area contributed by atoms with Gasteiger partial charge in [-0.15, -0.1) is 22.9 Å². The van der Waals surface area contributed by atoms with Gasteiger partial charge >= 0.3 is 0 Å². The first-order valence-electron chi connectivity index (χ1n) is 5.29. The maximum Gasteiger partial charge on any atom is 0.0474 e. The number of rotatable bonds is 5. The topological polar surface area (TPSA) is 12.0 Å². The molecule has 3 heteroatoms. The van der Waals surface area contributed by atoms with E-state index in [1.54, 1.807) is 11.3 Å². The van der Waals surface area contributed by atoms with Gasteiger partial charge in [0.25, 0.3) is 0 Å². The normalized spacial score (nSPS) is 10.3. The third-order valence-electron chi connectivity index (χ3n) is 2.36. The molecular formula is C13H14ClNS. The van der Waals surface area contributed by atoms with Crippen LogP contribution in [0.2, 0.25) is 0 Å². The van der Waals surface area contributed by atoms with E-state index >= 15 is 0 Å². The minimum atomic E-state index is 0.570. The van der Waals surface area contributed by atoms with Gasteiger partial charge in [0.2, 0.25) is 0 Å². The smallest absolute Gasteiger partial charge is 0.0474 e. The number of benzene rings is 1. The highest BCUT2D eigenvalue weighted by Crippen LogP contribution is 2.13. The second kappa shape index (κ2) is 5.92. The van der Waals surface area contributed by atoms with Gasteiger partial charge in [-0.3, -0.25) is 0 Å². The van der Waals surface area contributed by atoms with Crippen LogP contribution in [-0.2, 0) is 12.3 Å². The summed E-state index contributed by atoms with van der Waals surface area (Å²) in [6, 6.07) is 12.5. The van der Waals surface area contributed by atoms with Crippen molar-refractivity contribution in [1.29, 1.82) is 0 Å². The van der Waals surface area contributed by atoms with E-state index in [1.165, 1.54) is 4.88 Å². The molecule has 0 unspecified atom stereocenters. The Hall–Kier alpha value is -0.990. The molecule has 0 aliphatic heterocycles. The molecule has 0 bridgehead atoms. The summed E-state index contributed by atoms with van der Waals surface area (Å²) in [5.74, 6) is 0.570. The van der Waals surface area contributed by atoms with Crippen LogP contribution in [0.5, 0.6) is 0 Å². The molecule has 0 fully saturated rings. The molecular weight excluding hydrogens is 238 g/mol. The van der Waals surface area contributed by atoms with Gasteiger partial charge in [0, 0.05) is 23.0 Å². The number of halogens is 1. The van der Waals surface area contributed by atoms with Crippen LogP contribution >= 0.6 is 22.9 Å². The van der Waals surface area contributed by atoms with Crippen molar-refractivity contribution in [2.75, 3.05) is 11.9 Å². The van der Waals surface area contributed by atoms with Gasteiger partial charge in [-0.25, -0.2) is 0 Å². The molecule has 0 aliphatic rings. The molecule has 2 rings (SSSR count). The summed E-state index contributed by atoms with van der Waals surface area (Å²) in [5.41, 5.74) is 2.30. The summed E-state index contributed by atoms with van der Waals surface area (Å²) in [4.78, 5) is 1.42. The van der Waals surface area contributed by atoms with E-state index in [4.69, 9.17) is 11.6 Å². The van der Waals surface area contributed by atoms with E-state index in [9.17, 15) is 0 Å². The van der Waals surface area contributed by atoms with Crippen molar-refractivity contribution < 1.29 is 0 Å². The Bertz CT molecular complexity index is 425. The van der Waals surface area contributed by atoms with Crippen LogP contribution in [0.15, 0.2) is 41.8 Å². The van der Waals surface area contributed by atoms with Gasteiger partial charge in [0.1, 0.15) is 0 Å². The van der Waals surface area contributed by atoms with Crippen LogP contribution in [0, 0.1) is 0 Å². The average Bonchev–Trinajstić information content (AvgIpc) is 2.82. The van der Waals surface area contributed by atoms with E-state index in [0.717, 1.165) is 24.2 Å². The molecule has 1 heterocycles. The molecule has 2 aromatic rings. The molecule has 1 N–H and O–H groups in total. The Morgan fingerprint density at radius 1 is 1.19 bits per heavy atom. The molecule has 0 spiro atoms. The lowest BCUT2D eigenvalue weighted by molar-refractivity contribution is 1.04. The first-order chi connectivity index (χ1) is 7.88. The van der Waals surface area contributed by atoms with Crippen molar-refractivity contribution in [2.24, 2.45) is 0 Å². The SMILES string of the molecule is ClCc1cccc(NCCc2cccs2)c1. The van der Waals surface area contributed by atoms with Gasteiger partial charge in [-0.05, 0) is 35.6 Å². The Balaban J connectivity index is 1.85. The molecule has 1 aromatic heterocycles. The fraction of sp³-hybridized carbons (Fsp3) is 0.231. The lowest BCUT2D eigenvalue weighted by atomic mass is 10.2. The number of hydrogen-bond donors (Lipinski definition) is 1. The molecule has 0 saturated heterocycles. The molecule has 0 amide bonds. The number of thiophene rings is 1. The van der Waals surface area contributed by atoms with Crippen molar-refractivity contribution in [3.8, 4) is 0 Å². The second-order valence-electron chi connectivity index (χ2n) is 3.59. The van der Waals surface area contributed by atoms with Crippen LogP contribution in [0.3, 0.4) is 0 Å². The van der Waals surface area contributed by atoms with Crippen LogP contribution in [0.25, 0.3) is 0 Å². The highest BCUT2D eigenvalue weighted by atomic mass is 35.5. The van der Waals surface area contributed by atoms with Gasteiger partial charge in [0.05, 0.1) is 0 Å². The van der Waals surface area contributed by atoms with Gasteiger partial charge in [-0.2, -0.15) is 0 Å². The number of anilines is 1. The number of nitrogens with one attached hydrogen (secondary N) is 1. The van der Waals surface area contributed by atoms with Crippen LogP contribution in [-0.4, -0.2) is 6.54 Å². The van der Waals surface area contributed by atoms with E-state index in [2.05, 4.69) is 35.0 Å². The van der Waals surface area contributed by atoms with Gasteiger partial charge in [-0.1, -0.05) is 18.2 Å². The first kappa shape index (κ1) is 11.5. The minimum absolute atomic E-state index is 0.570. The Kier molecular flexibility index (Phi) is 4.25. The maximum absolute atomic E-state index is 5.79. The maximum atomic E-state index is 5.79. The van der Waals surface area contributed by atoms with Crippen molar-refractivity contribution >= 4 is 28.6 Å². The van der Waals surface area contributed by atoms with Crippen molar-refractivity contribution in [3.63, 3.8) is 0 Å². The van der Waals surface area contributed by atoms with E-state index < -0.39 is 0 Å². The van der Waals surface area contributed by atoms with E-state index in [1.807, 2.05) is 12.1 Å². The molecule has 0 aliphatic carbocycles. The molecule has 0 saturated carbocycles. The highest BCUT2D eigenvalue weighted by molar-refractivity contribution is 7.09. The third-order valence-corrected chi connectivity index (χ3v) is 3.61. The fourth-order valence-corrected chi connectivity index (χ4v) is 2.42. The molecule has 84 valence electrons. The zero-order chi connectivity index (χ0) is 11.2. The highest BCUT2D eigenvalue weighted by Gasteiger charge is 1.96. The molecule has 16 heavy (non-hydrogen) atoms. The first-order valence-corrected chi connectivity index (χ1v) is 6.71. The zero-order valence-electron chi connectivity index (χ0n) is 8.95. The molecule has 1 aromatic carbocycles. The summed E-state index contributed by atoms with van der Waals surface area (Å²) in [5, 5.41) is 5.52. The van der Waals surface area contributed by atoms with Crippen LogP contribution in [0.1, 0.15) is 10.4 Å². The molecule has 0 radical (unpaired) electrons. The van der Waals surface area contributed by atoms with Crippen LogP contribution < -0.4 is 5.32 Å². The van der Waals surface area contributed by atoms with E-state index in [0.29, 0.717) is 5.88 Å². The van der Waals surface area contributed by atoms with Crippen molar-refractivity contribution in [1.82, 2.24) is 0 Å². The monoisotopic (exact) mass is 251 g/mol. The third kappa shape index (κ3) is 3.26. The second-order valence-corrected chi connectivity index (χ2v) is 4.89. The lowest BCUT2D eigenvalue weighted by Gasteiger charge is -2.06. The summed E-state index contributed by atoms with van der Waals surface area (Å²) in [6.07, 6.45) is 1.07. The van der Waals surface area contributed by atoms with Gasteiger partial charge in [0.15, 0.2) is 0 Å². The number of alkyl halides is 1. The largest absolute Gasteiger partial charge is 0.385 e. The quantitative estimate of drug-likeness (QED) is 0.788.